The van der Waals surface area contributed by atoms with Crippen LogP contribution in [0.5, 0.6) is 0 Å². The molecular weight excluding hydrogens is 292 g/mol. The SMILES string of the molecule is O=C(CN1C[C@@H]2CCC[C@@]2(C(=O)O)C1)N(C1CCCC1)C1CC1. The van der Waals surface area contributed by atoms with Crippen LogP contribution < -0.4 is 0 Å². The zero-order valence-corrected chi connectivity index (χ0v) is 13.9. The highest BCUT2D eigenvalue weighted by Crippen LogP contribution is 2.49. The molecule has 3 saturated carbocycles. The second kappa shape index (κ2) is 5.76. The van der Waals surface area contributed by atoms with Crippen molar-refractivity contribution in [1.29, 1.82) is 0 Å². The molecule has 3 aliphatic carbocycles. The van der Waals surface area contributed by atoms with E-state index in [2.05, 4.69) is 9.80 Å². The number of likely N-dealkylation sites (tertiary alicyclic amines) is 1. The largest absolute Gasteiger partial charge is 0.481 e. The van der Waals surface area contributed by atoms with E-state index in [1.807, 2.05) is 0 Å². The second-order valence-electron chi connectivity index (χ2n) is 8.19. The van der Waals surface area contributed by atoms with Gasteiger partial charge in [-0.3, -0.25) is 14.5 Å². The smallest absolute Gasteiger partial charge is 0.311 e. The molecule has 128 valence electrons. The van der Waals surface area contributed by atoms with Crippen molar-refractivity contribution in [1.82, 2.24) is 9.80 Å². The number of rotatable bonds is 5. The van der Waals surface area contributed by atoms with Gasteiger partial charge < -0.3 is 10.0 Å². The van der Waals surface area contributed by atoms with Crippen LogP contribution in [-0.4, -0.2) is 58.5 Å². The van der Waals surface area contributed by atoms with E-state index in [1.165, 1.54) is 12.8 Å². The first-order chi connectivity index (χ1) is 11.1. The molecule has 0 aromatic carbocycles. The van der Waals surface area contributed by atoms with Gasteiger partial charge in [-0.15, -0.1) is 0 Å². The van der Waals surface area contributed by atoms with Gasteiger partial charge in [0.2, 0.25) is 5.91 Å². The van der Waals surface area contributed by atoms with Gasteiger partial charge in [-0.05, 0) is 44.4 Å². The minimum absolute atomic E-state index is 0.244. The average molecular weight is 320 g/mol. The zero-order chi connectivity index (χ0) is 16.0. The third-order valence-electron chi connectivity index (χ3n) is 6.67. The summed E-state index contributed by atoms with van der Waals surface area (Å²) < 4.78 is 0. The van der Waals surface area contributed by atoms with Gasteiger partial charge in [0.1, 0.15) is 0 Å². The molecule has 1 N–H and O–H groups in total. The lowest BCUT2D eigenvalue weighted by atomic mass is 9.81. The number of nitrogens with zero attached hydrogens (tertiary/aromatic N) is 2. The Balaban J connectivity index is 1.42. The molecule has 5 heteroatoms. The van der Waals surface area contributed by atoms with E-state index >= 15 is 0 Å². The second-order valence-corrected chi connectivity index (χ2v) is 8.19. The first-order valence-corrected chi connectivity index (χ1v) is 9.37. The molecule has 2 atom stereocenters. The van der Waals surface area contributed by atoms with Gasteiger partial charge in [-0.25, -0.2) is 0 Å². The molecule has 0 unspecified atom stereocenters. The van der Waals surface area contributed by atoms with E-state index in [4.69, 9.17) is 0 Å². The summed E-state index contributed by atoms with van der Waals surface area (Å²) in [7, 11) is 0. The molecule has 5 nitrogen and oxygen atoms in total. The molecular formula is C18H28N2O3. The monoisotopic (exact) mass is 320 g/mol. The maximum absolute atomic E-state index is 12.9. The number of carboxylic acids is 1. The van der Waals surface area contributed by atoms with E-state index in [1.54, 1.807) is 0 Å². The van der Waals surface area contributed by atoms with Crippen LogP contribution >= 0.6 is 0 Å². The Hall–Kier alpha value is -1.10. The first-order valence-electron chi connectivity index (χ1n) is 9.37. The predicted octanol–water partition coefficient (Wildman–Crippen LogP) is 2.11. The molecule has 0 aromatic heterocycles. The molecule has 23 heavy (non-hydrogen) atoms. The van der Waals surface area contributed by atoms with Gasteiger partial charge in [-0.2, -0.15) is 0 Å². The van der Waals surface area contributed by atoms with Crippen LogP contribution in [0.4, 0.5) is 0 Å². The van der Waals surface area contributed by atoms with Crippen molar-refractivity contribution >= 4 is 11.9 Å². The van der Waals surface area contributed by atoms with Gasteiger partial charge in [0.15, 0.2) is 0 Å². The molecule has 1 saturated heterocycles. The summed E-state index contributed by atoms with van der Waals surface area (Å²) in [6, 6.07) is 0.923. The predicted molar refractivity (Wildman–Crippen MR) is 86.0 cm³/mol. The normalized spacial score (nSPS) is 34.7. The van der Waals surface area contributed by atoms with E-state index in [-0.39, 0.29) is 11.8 Å². The highest BCUT2D eigenvalue weighted by Gasteiger charge is 2.55. The van der Waals surface area contributed by atoms with Crippen molar-refractivity contribution in [3.63, 3.8) is 0 Å². The molecule has 0 spiro atoms. The van der Waals surface area contributed by atoms with Crippen molar-refractivity contribution in [3.8, 4) is 0 Å². The third-order valence-corrected chi connectivity index (χ3v) is 6.67. The number of aliphatic carboxylic acids is 1. The van der Waals surface area contributed by atoms with E-state index in [0.717, 1.165) is 51.5 Å². The number of hydrogen-bond acceptors (Lipinski definition) is 3. The third kappa shape index (κ3) is 2.67. The molecule has 4 aliphatic rings. The van der Waals surface area contributed by atoms with E-state index in [9.17, 15) is 14.7 Å². The Morgan fingerprint density at radius 2 is 1.74 bits per heavy atom. The zero-order valence-electron chi connectivity index (χ0n) is 13.9. The number of hydrogen-bond donors (Lipinski definition) is 1. The van der Waals surface area contributed by atoms with Crippen LogP contribution in [-0.2, 0) is 9.59 Å². The Bertz CT molecular complexity index is 498. The standard InChI is InChI=1S/C18H28N2O3/c21-16(20(15-7-8-15)14-5-1-2-6-14)11-19-10-13-4-3-9-18(13,12-19)17(22)23/h13-15H,1-12H2,(H,22,23)/t13-,18+/m0/s1. The van der Waals surface area contributed by atoms with Gasteiger partial charge in [0.05, 0.1) is 12.0 Å². The molecule has 1 heterocycles. The van der Waals surface area contributed by atoms with Gasteiger partial charge >= 0.3 is 5.97 Å². The molecule has 0 aromatic rings. The lowest BCUT2D eigenvalue weighted by Gasteiger charge is -2.31. The highest BCUT2D eigenvalue weighted by atomic mass is 16.4. The maximum Gasteiger partial charge on any atom is 0.311 e. The van der Waals surface area contributed by atoms with Crippen LogP contribution in [0.1, 0.15) is 57.8 Å². The summed E-state index contributed by atoms with van der Waals surface area (Å²) in [5.41, 5.74) is -0.571. The molecule has 0 radical (unpaired) electrons. The Kier molecular flexibility index (Phi) is 3.87. The quantitative estimate of drug-likeness (QED) is 0.843. The van der Waals surface area contributed by atoms with Gasteiger partial charge in [0.25, 0.3) is 0 Å². The van der Waals surface area contributed by atoms with Gasteiger partial charge in [-0.1, -0.05) is 19.3 Å². The van der Waals surface area contributed by atoms with Gasteiger partial charge in [0, 0.05) is 25.2 Å². The van der Waals surface area contributed by atoms with Crippen molar-refractivity contribution < 1.29 is 14.7 Å². The summed E-state index contributed by atoms with van der Waals surface area (Å²) in [4.78, 5) is 29.0. The van der Waals surface area contributed by atoms with Crippen LogP contribution in [0.25, 0.3) is 0 Å². The molecule has 1 amide bonds. The summed E-state index contributed by atoms with van der Waals surface area (Å²) in [6.45, 7) is 1.79. The van der Waals surface area contributed by atoms with Crippen molar-refractivity contribution in [2.75, 3.05) is 19.6 Å². The summed E-state index contributed by atoms with van der Waals surface area (Å²) in [6.07, 6.45) is 9.93. The number of carbonyl (C=O) groups excluding carboxylic acids is 1. The molecule has 1 aliphatic heterocycles. The average Bonchev–Trinajstić information content (AvgIpc) is 2.91. The van der Waals surface area contributed by atoms with Crippen LogP contribution in [0, 0.1) is 11.3 Å². The lowest BCUT2D eigenvalue weighted by Crippen LogP contribution is -2.46. The van der Waals surface area contributed by atoms with Crippen LogP contribution in [0.15, 0.2) is 0 Å². The van der Waals surface area contributed by atoms with Crippen LogP contribution in [0.2, 0.25) is 0 Å². The first kappa shape index (κ1) is 15.4. The van der Waals surface area contributed by atoms with E-state index in [0.29, 0.717) is 25.2 Å². The van der Waals surface area contributed by atoms with Crippen molar-refractivity contribution in [2.24, 2.45) is 11.3 Å². The fourth-order valence-electron chi connectivity index (χ4n) is 5.38. The minimum Gasteiger partial charge on any atom is -0.481 e. The fraction of sp³-hybridized carbons (Fsp3) is 0.889. The topological polar surface area (TPSA) is 60.9 Å². The number of carbonyl (C=O) groups is 2. The lowest BCUT2D eigenvalue weighted by molar-refractivity contribution is -0.149. The summed E-state index contributed by atoms with van der Waals surface area (Å²) in [5, 5.41) is 9.68. The fourth-order valence-corrected chi connectivity index (χ4v) is 5.38. The number of carboxylic acid groups (broad SMARTS) is 1. The summed E-state index contributed by atoms with van der Waals surface area (Å²) in [5.74, 6) is -0.154. The maximum atomic E-state index is 12.9. The van der Waals surface area contributed by atoms with Crippen molar-refractivity contribution in [3.05, 3.63) is 0 Å². The van der Waals surface area contributed by atoms with Crippen molar-refractivity contribution in [2.45, 2.75) is 69.9 Å². The molecule has 0 bridgehead atoms. The number of fused-ring (bicyclic) bond motifs is 1. The van der Waals surface area contributed by atoms with E-state index < -0.39 is 11.4 Å². The number of amides is 1. The Morgan fingerprint density at radius 1 is 1.04 bits per heavy atom. The Labute approximate surface area is 138 Å². The summed E-state index contributed by atoms with van der Waals surface area (Å²) >= 11 is 0. The Morgan fingerprint density at radius 3 is 2.35 bits per heavy atom. The minimum atomic E-state index is -0.648. The molecule has 4 rings (SSSR count). The molecule has 4 fully saturated rings. The van der Waals surface area contributed by atoms with Crippen LogP contribution in [0.3, 0.4) is 0 Å². The highest BCUT2D eigenvalue weighted by molar-refractivity contribution is 5.80.